The number of benzene rings is 1. The van der Waals surface area contributed by atoms with Gasteiger partial charge in [0.1, 0.15) is 0 Å². The van der Waals surface area contributed by atoms with Crippen molar-refractivity contribution in [2.45, 2.75) is 52.2 Å². The van der Waals surface area contributed by atoms with Gasteiger partial charge in [0.25, 0.3) is 0 Å². The molecule has 1 aromatic rings. The summed E-state index contributed by atoms with van der Waals surface area (Å²) < 4.78 is 0. The van der Waals surface area contributed by atoms with Crippen molar-refractivity contribution < 1.29 is 9.90 Å². The van der Waals surface area contributed by atoms with Crippen molar-refractivity contribution in [3.63, 3.8) is 0 Å². The lowest BCUT2D eigenvalue weighted by atomic mass is 9.82. The molecule has 2 N–H and O–H groups in total. The van der Waals surface area contributed by atoms with Crippen LogP contribution < -0.4 is 5.32 Å². The zero-order valence-corrected chi connectivity index (χ0v) is 13.8. The Balaban J connectivity index is 2.55. The van der Waals surface area contributed by atoms with E-state index in [1.54, 1.807) is 14.0 Å². The van der Waals surface area contributed by atoms with Gasteiger partial charge in [-0.1, -0.05) is 45.0 Å². The van der Waals surface area contributed by atoms with Crippen LogP contribution in [0.3, 0.4) is 0 Å². The average molecular weight is 292 g/mol. The summed E-state index contributed by atoms with van der Waals surface area (Å²) in [6.45, 7) is 9.14. The topological polar surface area (TPSA) is 52.6 Å². The third-order valence-electron chi connectivity index (χ3n) is 3.95. The Morgan fingerprint density at radius 3 is 2.38 bits per heavy atom. The van der Waals surface area contributed by atoms with Crippen LogP contribution in [0.2, 0.25) is 0 Å². The summed E-state index contributed by atoms with van der Waals surface area (Å²) in [5.74, 6) is 0. The molecule has 0 aromatic heterocycles. The Hall–Kier alpha value is -1.55. The van der Waals surface area contributed by atoms with E-state index in [4.69, 9.17) is 0 Å². The number of nitrogens with zero attached hydrogens (tertiary/aromatic N) is 1. The van der Waals surface area contributed by atoms with E-state index in [0.717, 1.165) is 12.0 Å². The molecular weight excluding hydrogens is 264 g/mol. The van der Waals surface area contributed by atoms with Gasteiger partial charge in [-0.3, -0.25) is 0 Å². The van der Waals surface area contributed by atoms with Gasteiger partial charge in [0, 0.05) is 20.1 Å². The standard InChI is InChI=1S/C17H28N2O2/c1-6-17(3,4)15-9-7-14(8-10-15)11-18-16(21)19(5)12-13(2)20/h7-10,13,20H,6,11-12H2,1-5H3,(H,18,21). The lowest BCUT2D eigenvalue weighted by molar-refractivity contribution is 0.143. The van der Waals surface area contributed by atoms with Crippen LogP contribution in [0.5, 0.6) is 0 Å². The quantitative estimate of drug-likeness (QED) is 0.847. The minimum Gasteiger partial charge on any atom is -0.392 e. The van der Waals surface area contributed by atoms with E-state index in [-0.39, 0.29) is 11.4 Å². The molecule has 1 aromatic carbocycles. The second-order valence-corrected chi connectivity index (χ2v) is 6.32. The highest BCUT2D eigenvalue weighted by Gasteiger charge is 2.17. The maximum absolute atomic E-state index is 11.8. The molecule has 4 nitrogen and oxygen atoms in total. The van der Waals surface area contributed by atoms with Crippen LogP contribution in [0.25, 0.3) is 0 Å². The molecule has 0 aliphatic carbocycles. The molecule has 0 fully saturated rings. The molecule has 4 heteroatoms. The number of hydrogen-bond donors (Lipinski definition) is 2. The van der Waals surface area contributed by atoms with Crippen molar-refractivity contribution in [1.82, 2.24) is 10.2 Å². The van der Waals surface area contributed by atoms with Gasteiger partial charge in [0.2, 0.25) is 0 Å². The predicted octanol–water partition coefficient (Wildman–Crippen LogP) is 2.90. The van der Waals surface area contributed by atoms with Crippen molar-refractivity contribution in [2.75, 3.05) is 13.6 Å². The Labute approximate surface area is 128 Å². The van der Waals surface area contributed by atoms with Crippen LogP contribution >= 0.6 is 0 Å². The van der Waals surface area contributed by atoms with Crippen molar-refractivity contribution in [2.24, 2.45) is 0 Å². The second-order valence-electron chi connectivity index (χ2n) is 6.32. The van der Waals surface area contributed by atoms with Crippen LogP contribution in [0, 0.1) is 0 Å². The van der Waals surface area contributed by atoms with Gasteiger partial charge in [-0.05, 0) is 29.9 Å². The molecule has 1 atom stereocenters. The fourth-order valence-electron chi connectivity index (χ4n) is 2.07. The summed E-state index contributed by atoms with van der Waals surface area (Å²) in [6, 6.07) is 8.20. The normalized spacial score (nSPS) is 12.9. The lowest BCUT2D eigenvalue weighted by Crippen LogP contribution is -2.40. The maximum atomic E-state index is 11.8. The summed E-state index contributed by atoms with van der Waals surface area (Å²) >= 11 is 0. The average Bonchev–Trinajstić information content (AvgIpc) is 2.44. The minimum absolute atomic E-state index is 0.172. The number of urea groups is 1. The molecule has 0 saturated heterocycles. The van der Waals surface area contributed by atoms with E-state index in [1.165, 1.54) is 10.5 Å². The van der Waals surface area contributed by atoms with Gasteiger partial charge in [-0.25, -0.2) is 4.79 Å². The Morgan fingerprint density at radius 2 is 1.90 bits per heavy atom. The van der Waals surface area contributed by atoms with Crippen LogP contribution in [0.1, 0.15) is 45.2 Å². The van der Waals surface area contributed by atoms with Gasteiger partial charge >= 0.3 is 6.03 Å². The number of amides is 2. The molecule has 2 amide bonds. The van der Waals surface area contributed by atoms with Crippen LogP contribution in [-0.4, -0.2) is 35.7 Å². The molecule has 1 rings (SSSR count). The summed E-state index contributed by atoms with van der Waals surface area (Å²) in [7, 11) is 1.68. The van der Waals surface area contributed by atoms with Crippen LogP contribution in [0.15, 0.2) is 24.3 Å². The van der Waals surface area contributed by atoms with Crippen molar-refractivity contribution in [3.8, 4) is 0 Å². The lowest BCUT2D eigenvalue weighted by Gasteiger charge is -2.23. The first-order valence-corrected chi connectivity index (χ1v) is 7.52. The molecule has 118 valence electrons. The summed E-state index contributed by atoms with van der Waals surface area (Å²) in [4.78, 5) is 13.3. The number of carbonyl (C=O) groups excluding carboxylic acids is 1. The Kier molecular flexibility index (Phi) is 6.21. The molecule has 21 heavy (non-hydrogen) atoms. The fourth-order valence-corrected chi connectivity index (χ4v) is 2.07. The molecular formula is C17H28N2O2. The maximum Gasteiger partial charge on any atom is 0.317 e. The monoisotopic (exact) mass is 292 g/mol. The SMILES string of the molecule is CCC(C)(C)c1ccc(CNC(=O)N(C)CC(C)O)cc1. The highest BCUT2D eigenvalue weighted by atomic mass is 16.3. The molecule has 0 radical (unpaired) electrons. The van der Waals surface area contributed by atoms with Crippen LogP contribution in [0.4, 0.5) is 4.79 Å². The van der Waals surface area contributed by atoms with Gasteiger partial charge in [-0.2, -0.15) is 0 Å². The Bertz CT molecular complexity index is 452. The predicted molar refractivity (Wildman–Crippen MR) is 86.3 cm³/mol. The fraction of sp³-hybridized carbons (Fsp3) is 0.588. The first-order chi connectivity index (χ1) is 9.76. The molecule has 1 unspecified atom stereocenters. The second kappa shape index (κ2) is 7.46. The zero-order valence-electron chi connectivity index (χ0n) is 13.8. The van der Waals surface area contributed by atoms with Crippen molar-refractivity contribution in [3.05, 3.63) is 35.4 Å². The number of hydrogen-bond acceptors (Lipinski definition) is 2. The third kappa shape index (κ3) is 5.38. The molecule has 0 saturated carbocycles. The smallest absolute Gasteiger partial charge is 0.317 e. The van der Waals surface area contributed by atoms with Crippen molar-refractivity contribution >= 4 is 6.03 Å². The first kappa shape index (κ1) is 17.5. The van der Waals surface area contributed by atoms with Gasteiger partial charge in [0.05, 0.1) is 6.10 Å². The molecule has 0 aliphatic heterocycles. The van der Waals surface area contributed by atoms with E-state index < -0.39 is 6.10 Å². The molecule has 0 heterocycles. The largest absolute Gasteiger partial charge is 0.392 e. The number of carbonyl (C=O) groups is 1. The van der Waals surface area contributed by atoms with Crippen molar-refractivity contribution in [1.29, 1.82) is 0 Å². The molecule has 0 spiro atoms. The van der Waals surface area contributed by atoms with E-state index in [2.05, 4.69) is 50.4 Å². The third-order valence-corrected chi connectivity index (χ3v) is 3.95. The number of aliphatic hydroxyl groups is 1. The number of likely N-dealkylation sites (N-methyl/N-ethyl adjacent to an activating group) is 1. The van der Waals surface area contributed by atoms with E-state index in [0.29, 0.717) is 13.1 Å². The highest BCUT2D eigenvalue weighted by Crippen LogP contribution is 2.26. The van der Waals surface area contributed by atoms with Crippen LogP contribution in [-0.2, 0) is 12.0 Å². The first-order valence-electron chi connectivity index (χ1n) is 7.52. The number of aliphatic hydroxyl groups excluding tert-OH is 1. The van der Waals surface area contributed by atoms with E-state index in [1.807, 2.05) is 0 Å². The molecule has 0 aliphatic rings. The highest BCUT2D eigenvalue weighted by molar-refractivity contribution is 5.73. The number of nitrogens with one attached hydrogen (secondary N) is 1. The van der Waals surface area contributed by atoms with E-state index in [9.17, 15) is 9.90 Å². The minimum atomic E-state index is -0.517. The zero-order chi connectivity index (χ0) is 16.0. The summed E-state index contributed by atoms with van der Waals surface area (Å²) in [5, 5.41) is 12.1. The van der Waals surface area contributed by atoms with Gasteiger partial charge in [0.15, 0.2) is 0 Å². The van der Waals surface area contributed by atoms with Gasteiger partial charge in [-0.15, -0.1) is 0 Å². The summed E-state index contributed by atoms with van der Waals surface area (Å²) in [6.07, 6.45) is 0.573. The van der Waals surface area contributed by atoms with Gasteiger partial charge < -0.3 is 15.3 Å². The Morgan fingerprint density at radius 1 is 1.33 bits per heavy atom. The summed E-state index contributed by atoms with van der Waals surface area (Å²) in [5.41, 5.74) is 2.56. The molecule has 0 bridgehead atoms. The van der Waals surface area contributed by atoms with E-state index >= 15 is 0 Å². The number of rotatable bonds is 6.